The molecule has 0 amide bonds. The summed E-state index contributed by atoms with van der Waals surface area (Å²) in [5.41, 5.74) is 6.36. The van der Waals surface area contributed by atoms with E-state index >= 15 is 0 Å². The Kier molecular flexibility index (Phi) is 3.64. The highest BCUT2D eigenvalue weighted by Crippen LogP contribution is 2.26. The first kappa shape index (κ1) is 11.9. The van der Waals surface area contributed by atoms with E-state index in [1.807, 2.05) is 0 Å². The van der Waals surface area contributed by atoms with Crippen LogP contribution in [0.5, 0.6) is 0 Å². The molecule has 2 aromatic carbocycles. The number of anilines is 1. The first-order valence-electron chi connectivity index (χ1n) is 5.08. The number of nitrogen functional groups attached to an aromatic ring is 1. The molecule has 0 saturated heterocycles. The molecule has 0 radical (unpaired) electrons. The van der Waals surface area contributed by atoms with Crippen LogP contribution in [0.4, 0.5) is 14.5 Å². The van der Waals surface area contributed by atoms with Crippen LogP contribution in [0.25, 0.3) is 0 Å². The van der Waals surface area contributed by atoms with E-state index in [1.54, 1.807) is 30.3 Å². The summed E-state index contributed by atoms with van der Waals surface area (Å²) in [6.45, 7) is 0. The van der Waals surface area contributed by atoms with Crippen molar-refractivity contribution in [2.45, 2.75) is 10.6 Å². The molecule has 0 aliphatic rings. The fourth-order valence-corrected chi connectivity index (χ4v) is 2.32. The standard InChI is InChI=1S/C13H11F2NS/c14-11-3-1-2-4-13(11)17-8-9-5-6-10(16)7-12(9)15/h1-7H,8,16H2. The van der Waals surface area contributed by atoms with Gasteiger partial charge in [-0.15, -0.1) is 11.8 Å². The van der Waals surface area contributed by atoms with E-state index in [1.165, 1.54) is 23.9 Å². The molecule has 1 nitrogen and oxygen atoms in total. The van der Waals surface area contributed by atoms with Crippen LogP contribution in [0.3, 0.4) is 0 Å². The van der Waals surface area contributed by atoms with Gasteiger partial charge in [0.2, 0.25) is 0 Å². The van der Waals surface area contributed by atoms with Gasteiger partial charge in [-0.25, -0.2) is 8.78 Å². The summed E-state index contributed by atoms with van der Waals surface area (Å²) < 4.78 is 26.8. The molecule has 0 aliphatic heterocycles. The van der Waals surface area contributed by atoms with Gasteiger partial charge in [-0.3, -0.25) is 0 Å². The molecule has 0 saturated carbocycles. The first-order valence-corrected chi connectivity index (χ1v) is 6.06. The summed E-state index contributed by atoms with van der Waals surface area (Å²) in [6.07, 6.45) is 0. The number of thioether (sulfide) groups is 1. The third-order valence-electron chi connectivity index (χ3n) is 2.30. The highest BCUT2D eigenvalue weighted by molar-refractivity contribution is 7.98. The number of hydrogen-bond acceptors (Lipinski definition) is 2. The van der Waals surface area contributed by atoms with Crippen molar-refractivity contribution >= 4 is 17.4 Å². The summed E-state index contributed by atoms with van der Waals surface area (Å²) in [6, 6.07) is 11.0. The van der Waals surface area contributed by atoms with Crippen LogP contribution in [0.1, 0.15) is 5.56 Å². The van der Waals surface area contributed by atoms with Crippen molar-refractivity contribution in [2.75, 3.05) is 5.73 Å². The normalized spacial score (nSPS) is 10.5. The molecule has 88 valence electrons. The van der Waals surface area contributed by atoms with Gasteiger partial charge in [0.15, 0.2) is 0 Å². The molecule has 0 spiro atoms. The van der Waals surface area contributed by atoms with E-state index in [-0.39, 0.29) is 11.6 Å². The second-order valence-corrected chi connectivity index (χ2v) is 4.59. The van der Waals surface area contributed by atoms with Crippen LogP contribution in [0, 0.1) is 11.6 Å². The first-order chi connectivity index (χ1) is 8.16. The van der Waals surface area contributed by atoms with E-state index in [0.29, 0.717) is 21.9 Å². The Balaban J connectivity index is 2.10. The van der Waals surface area contributed by atoms with E-state index in [0.717, 1.165) is 0 Å². The van der Waals surface area contributed by atoms with Crippen molar-refractivity contribution in [3.8, 4) is 0 Å². The molecule has 4 heteroatoms. The minimum Gasteiger partial charge on any atom is -0.399 e. The molecular formula is C13H11F2NS. The second kappa shape index (κ2) is 5.19. The van der Waals surface area contributed by atoms with Crippen LogP contribution < -0.4 is 5.73 Å². The van der Waals surface area contributed by atoms with Crippen molar-refractivity contribution in [1.82, 2.24) is 0 Å². The van der Waals surface area contributed by atoms with Gasteiger partial charge in [-0.2, -0.15) is 0 Å². The fourth-order valence-electron chi connectivity index (χ4n) is 1.40. The lowest BCUT2D eigenvalue weighted by molar-refractivity contribution is 0.601. The average Bonchev–Trinajstić information content (AvgIpc) is 2.30. The SMILES string of the molecule is Nc1ccc(CSc2ccccc2F)c(F)c1. The van der Waals surface area contributed by atoms with Crippen molar-refractivity contribution in [2.24, 2.45) is 0 Å². The fraction of sp³-hybridized carbons (Fsp3) is 0.0769. The number of benzene rings is 2. The topological polar surface area (TPSA) is 26.0 Å². The number of halogens is 2. The van der Waals surface area contributed by atoms with Gasteiger partial charge < -0.3 is 5.73 Å². The average molecular weight is 251 g/mol. The maximum atomic E-state index is 13.5. The Morgan fingerprint density at radius 2 is 1.76 bits per heavy atom. The van der Waals surface area contributed by atoms with Gasteiger partial charge in [0.1, 0.15) is 11.6 Å². The Morgan fingerprint density at radius 1 is 1.00 bits per heavy atom. The molecule has 2 rings (SSSR count). The predicted molar refractivity (Wildman–Crippen MR) is 66.8 cm³/mol. The molecule has 0 aromatic heterocycles. The third-order valence-corrected chi connectivity index (χ3v) is 3.39. The Labute approximate surface area is 103 Å². The zero-order chi connectivity index (χ0) is 12.3. The van der Waals surface area contributed by atoms with E-state index in [2.05, 4.69) is 0 Å². The van der Waals surface area contributed by atoms with Crippen LogP contribution in [-0.4, -0.2) is 0 Å². The maximum absolute atomic E-state index is 13.5. The molecule has 0 bridgehead atoms. The van der Waals surface area contributed by atoms with Gasteiger partial charge >= 0.3 is 0 Å². The highest BCUT2D eigenvalue weighted by Gasteiger charge is 2.05. The molecule has 0 aliphatic carbocycles. The Morgan fingerprint density at radius 3 is 2.47 bits per heavy atom. The van der Waals surface area contributed by atoms with Crippen molar-refractivity contribution in [1.29, 1.82) is 0 Å². The van der Waals surface area contributed by atoms with Crippen molar-refractivity contribution < 1.29 is 8.78 Å². The van der Waals surface area contributed by atoms with E-state index in [4.69, 9.17) is 5.73 Å². The van der Waals surface area contributed by atoms with Gasteiger partial charge in [-0.1, -0.05) is 18.2 Å². The zero-order valence-electron chi connectivity index (χ0n) is 8.99. The number of hydrogen-bond donors (Lipinski definition) is 1. The molecule has 0 fully saturated rings. The van der Waals surface area contributed by atoms with Gasteiger partial charge in [0.05, 0.1) is 0 Å². The van der Waals surface area contributed by atoms with E-state index in [9.17, 15) is 8.78 Å². The molecule has 0 atom stereocenters. The minimum atomic E-state index is -0.353. The Bertz CT molecular complexity index is 529. The predicted octanol–water partition coefficient (Wildman–Crippen LogP) is 3.84. The van der Waals surface area contributed by atoms with Gasteiger partial charge in [0, 0.05) is 16.3 Å². The lowest BCUT2D eigenvalue weighted by Crippen LogP contribution is -1.92. The summed E-state index contributed by atoms with van der Waals surface area (Å²) in [5.74, 6) is -0.255. The summed E-state index contributed by atoms with van der Waals surface area (Å²) >= 11 is 1.26. The minimum absolute atomic E-state index is 0.284. The summed E-state index contributed by atoms with van der Waals surface area (Å²) in [4.78, 5) is 0.517. The number of rotatable bonds is 3. The van der Waals surface area contributed by atoms with Crippen LogP contribution in [-0.2, 0) is 5.75 Å². The monoisotopic (exact) mass is 251 g/mol. The smallest absolute Gasteiger partial charge is 0.136 e. The largest absolute Gasteiger partial charge is 0.399 e. The lowest BCUT2D eigenvalue weighted by atomic mass is 10.2. The van der Waals surface area contributed by atoms with Crippen molar-refractivity contribution in [3.05, 3.63) is 59.7 Å². The quantitative estimate of drug-likeness (QED) is 0.662. The maximum Gasteiger partial charge on any atom is 0.136 e. The Hall–Kier alpha value is -1.55. The van der Waals surface area contributed by atoms with Gasteiger partial charge in [0.25, 0.3) is 0 Å². The van der Waals surface area contributed by atoms with Gasteiger partial charge in [-0.05, 0) is 29.8 Å². The molecule has 17 heavy (non-hydrogen) atoms. The molecule has 0 unspecified atom stereocenters. The van der Waals surface area contributed by atoms with Crippen molar-refractivity contribution in [3.63, 3.8) is 0 Å². The third kappa shape index (κ3) is 2.97. The van der Waals surface area contributed by atoms with Crippen LogP contribution in [0.15, 0.2) is 47.4 Å². The highest BCUT2D eigenvalue weighted by atomic mass is 32.2. The van der Waals surface area contributed by atoms with Crippen LogP contribution >= 0.6 is 11.8 Å². The van der Waals surface area contributed by atoms with Crippen LogP contribution in [0.2, 0.25) is 0 Å². The molecule has 0 heterocycles. The summed E-state index contributed by atoms with van der Waals surface area (Å²) in [7, 11) is 0. The zero-order valence-corrected chi connectivity index (χ0v) is 9.81. The molecule has 2 N–H and O–H groups in total. The second-order valence-electron chi connectivity index (χ2n) is 3.57. The molecule has 2 aromatic rings. The lowest BCUT2D eigenvalue weighted by Gasteiger charge is -2.05. The van der Waals surface area contributed by atoms with E-state index < -0.39 is 0 Å². The summed E-state index contributed by atoms with van der Waals surface area (Å²) in [5, 5.41) is 0. The number of nitrogens with two attached hydrogens (primary N) is 1. The molecular weight excluding hydrogens is 240 g/mol.